The Morgan fingerprint density at radius 1 is 0.906 bits per heavy atom. The molecule has 3 rings (SSSR count). The summed E-state index contributed by atoms with van der Waals surface area (Å²) in [4.78, 5) is 26.3. The van der Waals surface area contributed by atoms with Crippen LogP contribution in [0, 0.1) is 0 Å². The number of hydrogen-bond acceptors (Lipinski definition) is 5. The number of methoxy groups -OCH3 is 2. The van der Waals surface area contributed by atoms with Crippen molar-refractivity contribution in [2.45, 2.75) is 17.9 Å². The van der Waals surface area contributed by atoms with Gasteiger partial charge in [0.15, 0.2) is 11.5 Å². The molecule has 6 nitrogen and oxygen atoms in total. The highest BCUT2D eigenvalue weighted by molar-refractivity contribution is 8.00. The third-order valence-electron chi connectivity index (χ3n) is 4.82. The van der Waals surface area contributed by atoms with Gasteiger partial charge in [-0.15, -0.1) is 11.8 Å². The molecule has 0 aliphatic rings. The summed E-state index contributed by atoms with van der Waals surface area (Å²) >= 11 is 1.37. The lowest BCUT2D eigenvalue weighted by atomic mass is 10.1. The van der Waals surface area contributed by atoms with Gasteiger partial charge >= 0.3 is 0 Å². The van der Waals surface area contributed by atoms with Crippen molar-refractivity contribution in [3.63, 3.8) is 0 Å². The van der Waals surface area contributed by atoms with E-state index in [9.17, 15) is 9.59 Å². The number of ether oxygens (including phenoxy) is 2. The van der Waals surface area contributed by atoms with E-state index in [0.717, 1.165) is 10.5 Å². The van der Waals surface area contributed by atoms with Crippen LogP contribution < -0.4 is 20.1 Å². The van der Waals surface area contributed by atoms with Gasteiger partial charge in [-0.25, -0.2) is 0 Å². The molecule has 0 aromatic heterocycles. The van der Waals surface area contributed by atoms with E-state index in [1.54, 1.807) is 44.6 Å². The summed E-state index contributed by atoms with van der Waals surface area (Å²) in [5.41, 5.74) is 1.90. The summed E-state index contributed by atoms with van der Waals surface area (Å²) in [5.74, 6) is 0.968. The number of nitrogens with one attached hydrogen (secondary N) is 2. The third-order valence-corrected chi connectivity index (χ3v) is 5.81. The first-order valence-corrected chi connectivity index (χ1v) is 11.1. The monoisotopic (exact) mass is 450 g/mol. The topological polar surface area (TPSA) is 76.7 Å². The largest absolute Gasteiger partial charge is 0.493 e. The van der Waals surface area contributed by atoms with Crippen molar-refractivity contribution in [3.05, 3.63) is 83.9 Å². The summed E-state index contributed by atoms with van der Waals surface area (Å²) in [6, 6.07) is 22.0. The van der Waals surface area contributed by atoms with E-state index in [0.29, 0.717) is 22.7 Å². The smallest absolute Gasteiger partial charge is 0.253 e. The van der Waals surface area contributed by atoms with Crippen LogP contribution in [-0.2, 0) is 4.79 Å². The molecule has 7 heteroatoms. The van der Waals surface area contributed by atoms with Crippen molar-refractivity contribution >= 4 is 29.3 Å². The normalized spacial score (nSPS) is 11.3. The highest BCUT2D eigenvalue weighted by Crippen LogP contribution is 2.32. The summed E-state index contributed by atoms with van der Waals surface area (Å²) < 4.78 is 10.5. The Hall–Kier alpha value is -3.45. The minimum atomic E-state index is -0.246. The fraction of sp³-hybridized carbons (Fsp3) is 0.200. The average molecular weight is 451 g/mol. The van der Waals surface area contributed by atoms with Gasteiger partial charge in [0, 0.05) is 4.90 Å². The Morgan fingerprint density at radius 3 is 2.31 bits per heavy atom. The van der Waals surface area contributed by atoms with E-state index < -0.39 is 0 Å². The molecule has 166 valence electrons. The molecule has 0 aliphatic heterocycles. The van der Waals surface area contributed by atoms with Crippen molar-refractivity contribution < 1.29 is 19.1 Å². The van der Waals surface area contributed by atoms with Gasteiger partial charge in [0.2, 0.25) is 5.91 Å². The van der Waals surface area contributed by atoms with Crippen LogP contribution in [0.2, 0.25) is 0 Å². The van der Waals surface area contributed by atoms with Crippen LogP contribution in [0.25, 0.3) is 0 Å². The zero-order valence-corrected chi connectivity index (χ0v) is 19.1. The van der Waals surface area contributed by atoms with Crippen molar-refractivity contribution in [2.24, 2.45) is 0 Å². The summed E-state index contributed by atoms with van der Waals surface area (Å²) in [6.07, 6.45) is 0. The molecular weight excluding hydrogens is 424 g/mol. The quantitative estimate of drug-likeness (QED) is 0.452. The van der Waals surface area contributed by atoms with Gasteiger partial charge in [-0.3, -0.25) is 9.59 Å². The highest BCUT2D eigenvalue weighted by atomic mass is 32.2. The molecule has 3 aromatic carbocycles. The zero-order valence-electron chi connectivity index (χ0n) is 18.3. The van der Waals surface area contributed by atoms with E-state index in [4.69, 9.17) is 9.47 Å². The van der Waals surface area contributed by atoms with Crippen molar-refractivity contribution in [3.8, 4) is 11.5 Å². The summed E-state index contributed by atoms with van der Waals surface area (Å²) in [5, 5.41) is 5.84. The van der Waals surface area contributed by atoms with E-state index >= 15 is 0 Å². The molecule has 0 saturated heterocycles. The fourth-order valence-electron chi connectivity index (χ4n) is 3.13. The number of benzene rings is 3. The van der Waals surface area contributed by atoms with E-state index in [1.165, 1.54) is 11.8 Å². The van der Waals surface area contributed by atoms with Gasteiger partial charge < -0.3 is 20.1 Å². The molecule has 1 atom stereocenters. The third kappa shape index (κ3) is 6.04. The second-order valence-corrected chi connectivity index (χ2v) is 8.05. The second kappa shape index (κ2) is 11.2. The number of hydrogen-bond donors (Lipinski definition) is 2. The predicted octanol–water partition coefficient (Wildman–Crippen LogP) is 4.93. The Balaban J connectivity index is 1.63. The van der Waals surface area contributed by atoms with Gasteiger partial charge in [0.05, 0.1) is 37.3 Å². The molecule has 0 saturated carbocycles. The predicted molar refractivity (Wildman–Crippen MR) is 128 cm³/mol. The van der Waals surface area contributed by atoms with E-state index in [1.807, 2.05) is 49.4 Å². The number of para-hydroxylation sites is 1. The SMILES string of the molecule is COc1ccc(SCC(=O)Nc2ccccc2C(=O)N[C@@H](C)c2ccccc2)cc1OC. The Morgan fingerprint density at radius 2 is 1.59 bits per heavy atom. The number of carbonyl (C=O) groups is 2. The van der Waals surface area contributed by atoms with Gasteiger partial charge in [0.25, 0.3) is 5.91 Å². The van der Waals surface area contributed by atoms with E-state index in [2.05, 4.69) is 10.6 Å². The lowest BCUT2D eigenvalue weighted by Gasteiger charge is -2.16. The second-order valence-electron chi connectivity index (χ2n) is 7.01. The number of rotatable bonds is 9. The molecule has 0 heterocycles. The lowest BCUT2D eigenvalue weighted by molar-refractivity contribution is -0.113. The molecule has 0 bridgehead atoms. The van der Waals surface area contributed by atoms with Crippen LogP contribution >= 0.6 is 11.8 Å². The van der Waals surface area contributed by atoms with Crippen LogP contribution in [0.1, 0.15) is 28.9 Å². The zero-order chi connectivity index (χ0) is 22.9. The molecule has 0 aliphatic carbocycles. The first-order valence-electron chi connectivity index (χ1n) is 10.1. The number of amides is 2. The molecule has 0 fully saturated rings. The average Bonchev–Trinajstić information content (AvgIpc) is 2.83. The molecule has 0 spiro atoms. The molecule has 0 unspecified atom stereocenters. The first-order chi connectivity index (χ1) is 15.5. The van der Waals surface area contributed by atoms with Crippen LogP contribution in [0.5, 0.6) is 11.5 Å². The lowest BCUT2D eigenvalue weighted by Crippen LogP contribution is -2.28. The Bertz CT molecular complexity index is 1070. The Kier molecular flexibility index (Phi) is 8.16. The highest BCUT2D eigenvalue weighted by Gasteiger charge is 2.16. The number of thioether (sulfide) groups is 1. The first kappa shape index (κ1) is 23.2. The number of anilines is 1. The molecule has 3 aromatic rings. The standard InChI is InChI=1S/C25H26N2O4S/c1-17(18-9-5-4-6-10-18)26-25(29)20-11-7-8-12-21(20)27-24(28)16-32-19-13-14-22(30-2)23(15-19)31-3/h4-15,17H,16H2,1-3H3,(H,26,29)(H,27,28)/t17-/m0/s1. The Labute approximate surface area is 192 Å². The van der Waals surface area contributed by atoms with Gasteiger partial charge in [-0.05, 0) is 42.8 Å². The maximum Gasteiger partial charge on any atom is 0.253 e. The number of carbonyl (C=O) groups excluding carboxylic acids is 2. The molecule has 32 heavy (non-hydrogen) atoms. The molecule has 2 N–H and O–H groups in total. The van der Waals surface area contributed by atoms with Crippen LogP contribution in [0.15, 0.2) is 77.7 Å². The maximum absolute atomic E-state index is 12.8. The van der Waals surface area contributed by atoms with Gasteiger partial charge in [-0.1, -0.05) is 42.5 Å². The van der Waals surface area contributed by atoms with Crippen LogP contribution in [0.3, 0.4) is 0 Å². The molecule has 2 amide bonds. The minimum Gasteiger partial charge on any atom is -0.493 e. The van der Waals surface area contributed by atoms with Crippen LogP contribution in [-0.4, -0.2) is 31.8 Å². The van der Waals surface area contributed by atoms with Crippen molar-refractivity contribution in [1.29, 1.82) is 0 Å². The van der Waals surface area contributed by atoms with Crippen molar-refractivity contribution in [1.82, 2.24) is 5.32 Å². The molecular formula is C25H26N2O4S. The summed E-state index contributed by atoms with van der Waals surface area (Å²) in [6.45, 7) is 1.92. The van der Waals surface area contributed by atoms with Gasteiger partial charge in [0.1, 0.15) is 0 Å². The minimum absolute atomic E-state index is 0.159. The van der Waals surface area contributed by atoms with E-state index in [-0.39, 0.29) is 23.6 Å². The van der Waals surface area contributed by atoms with Crippen molar-refractivity contribution in [2.75, 3.05) is 25.3 Å². The summed E-state index contributed by atoms with van der Waals surface area (Å²) in [7, 11) is 3.14. The molecule has 0 radical (unpaired) electrons. The van der Waals surface area contributed by atoms with Crippen LogP contribution in [0.4, 0.5) is 5.69 Å². The van der Waals surface area contributed by atoms with Gasteiger partial charge in [-0.2, -0.15) is 0 Å². The maximum atomic E-state index is 12.8. The fourth-order valence-corrected chi connectivity index (χ4v) is 3.86.